The lowest BCUT2D eigenvalue weighted by Crippen LogP contribution is -2.23. The fourth-order valence-corrected chi connectivity index (χ4v) is 5.33. The summed E-state index contributed by atoms with van der Waals surface area (Å²) in [5.41, 5.74) is 5.05. The second kappa shape index (κ2) is 6.17. The molecule has 0 aromatic heterocycles. The summed E-state index contributed by atoms with van der Waals surface area (Å²) in [6.45, 7) is 4.65. The molecule has 0 aliphatic carbocycles. The van der Waals surface area contributed by atoms with Crippen molar-refractivity contribution in [1.82, 2.24) is 0 Å². The fourth-order valence-electron chi connectivity index (χ4n) is 3.95. The van der Waals surface area contributed by atoms with E-state index in [0.29, 0.717) is 0 Å². The zero-order valence-corrected chi connectivity index (χ0v) is 16.3. The molecule has 0 atom stereocenters. The Balaban J connectivity index is 1.53. The first-order chi connectivity index (χ1) is 13.1. The average Bonchev–Trinajstić information content (AvgIpc) is 2.69. The molecule has 132 valence electrons. The van der Waals surface area contributed by atoms with Crippen LogP contribution in [0.5, 0.6) is 0 Å². The molecule has 5 rings (SSSR count). The quantitative estimate of drug-likeness (QED) is 0.397. The van der Waals surface area contributed by atoms with Gasteiger partial charge in [-0.2, -0.15) is 0 Å². The molecule has 0 radical (unpaired) electrons. The molecule has 0 saturated carbocycles. The second-order valence-corrected chi connectivity index (χ2v) is 8.70. The first kappa shape index (κ1) is 16.5. The molecule has 1 nitrogen and oxygen atoms in total. The SMILES string of the molecule is CC1(C)c2ccccc2Sc2ccc(Nc3ccc4ccccc4c3)cc21. The van der Waals surface area contributed by atoms with E-state index in [0.717, 1.165) is 11.4 Å². The van der Waals surface area contributed by atoms with Crippen LogP contribution in [0.25, 0.3) is 10.8 Å². The predicted molar refractivity (Wildman–Crippen MR) is 116 cm³/mol. The first-order valence-corrected chi connectivity index (χ1v) is 10.1. The van der Waals surface area contributed by atoms with Gasteiger partial charge in [0, 0.05) is 26.6 Å². The normalized spacial score (nSPS) is 14.4. The Morgan fingerprint density at radius 3 is 2.19 bits per heavy atom. The standard InChI is InChI=1S/C25H21NS/c1-25(2)21-9-5-6-10-23(21)27-24-14-13-20(16-22(24)25)26-19-12-11-17-7-3-4-8-18(17)15-19/h3-16,26H,1-2H3. The van der Waals surface area contributed by atoms with Crippen molar-refractivity contribution >= 4 is 33.9 Å². The molecule has 1 heterocycles. The monoisotopic (exact) mass is 367 g/mol. The summed E-state index contributed by atoms with van der Waals surface area (Å²) in [6, 6.07) is 30.5. The van der Waals surface area contributed by atoms with Crippen LogP contribution in [0.3, 0.4) is 0 Å². The van der Waals surface area contributed by atoms with Crippen molar-refractivity contribution in [1.29, 1.82) is 0 Å². The first-order valence-electron chi connectivity index (χ1n) is 9.29. The predicted octanol–water partition coefficient (Wildman–Crippen LogP) is 7.37. The van der Waals surface area contributed by atoms with E-state index < -0.39 is 0 Å². The molecule has 0 amide bonds. The van der Waals surface area contributed by atoms with E-state index in [1.165, 1.54) is 31.7 Å². The molecule has 0 saturated heterocycles. The number of hydrogen-bond acceptors (Lipinski definition) is 2. The Morgan fingerprint density at radius 2 is 1.30 bits per heavy atom. The van der Waals surface area contributed by atoms with Crippen molar-refractivity contribution in [3.8, 4) is 0 Å². The van der Waals surface area contributed by atoms with Crippen LogP contribution in [0.15, 0.2) is 94.7 Å². The molecule has 0 fully saturated rings. The van der Waals surface area contributed by atoms with E-state index in [1.807, 2.05) is 11.8 Å². The van der Waals surface area contributed by atoms with Gasteiger partial charge in [-0.1, -0.05) is 74.1 Å². The van der Waals surface area contributed by atoms with Gasteiger partial charge in [0.1, 0.15) is 0 Å². The molecular weight excluding hydrogens is 346 g/mol. The third-order valence-electron chi connectivity index (χ3n) is 5.47. The van der Waals surface area contributed by atoms with Gasteiger partial charge in [0.15, 0.2) is 0 Å². The Kier molecular flexibility index (Phi) is 3.76. The second-order valence-electron chi connectivity index (χ2n) is 7.62. The Morgan fingerprint density at radius 1 is 0.630 bits per heavy atom. The summed E-state index contributed by atoms with van der Waals surface area (Å²) in [5.74, 6) is 0. The Hall–Kier alpha value is -2.71. The van der Waals surface area contributed by atoms with E-state index in [1.54, 1.807) is 0 Å². The molecule has 4 aromatic rings. The molecule has 0 unspecified atom stereocenters. The van der Waals surface area contributed by atoms with E-state index >= 15 is 0 Å². The molecule has 1 aliphatic heterocycles. The van der Waals surface area contributed by atoms with Gasteiger partial charge in [0.2, 0.25) is 0 Å². The summed E-state index contributed by atoms with van der Waals surface area (Å²) in [5, 5.41) is 6.12. The van der Waals surface area contributed by atoms with Crippen LogP contribution in [-0.2, 0) is 5.41 Å². The third-order valence-corrected chi connectivity index (χ3v) is 6.62. The lowest BCUT2D eigenvalue weighted by molar-refractivity contribution is 0.607. The smallest absolute Gasteiger partial charge is 0.0390 e. The van der Waals surface area contributed by atoms with Gasteiger partial charge in [0.25, 0.3) is 0 Å². The number of rotatable bonds is 2. The zero-order valence-electron chi connectivity index (χ0n) is 15.5. The lowest BCUT2D eigenvalue weighted by atomic mass is 9.77. The van der Waals surface area contributed by atoms with Crippen molar-refractivity contribution in [2.75, 3.05) is 5.32 Å². The number of fused-ring (bicyclic) bond motifs is 3. The summed E-state index contributed by atoms with van der Waals surface area (Å²) in [7, 11) is 0. The zero-order chi connectivity index (χ0) is 18.4. The van der Waals surface area contributed by atoms with Gasteiger partial charge >= 0.3 is 0 Å². The van der Waals surface area contributed by atoms with Crippen molar-refractivity contribution in [3.05, 3.63) is 96.1 Å². The highest BCUT2D eigenvalue weighted by Gasteiger charge is 2.32. The van der Waals surface area contributed by atoms with E-state index in [2.05, 4.69) is 104 Å². The highest BCUT2D eigenvalue weighted by atomic mass is 32.2. The van der Waals surface area contributed by atoms with Crippen LogP contribution in [0.1, 0.15) is 25.0 Å². The van der Waals surface area contributed by atoms with Crippen LogP contribution in [-0.4, -0.2) is 0 Å². The Labute approximate surface area is 164 Å². The van der Waals surface area contributed by atoms with Crippen LogP contribution >= 0.6 is 11.8 Å². The summed E-state index contributed by atoms with van der Waals surface area (Å²) in [4.78, 5) is 2.72. The largest absolute Gasteiger partial charge is 0.355 e. The molecule has 1 N–H and O–H groups in total. The van der Waals surface area contributed by atoms with Crippen LogP contribution in [0.4, 0.5) is 11.4 Å². The van der Waals surface area contributed by atoms with Crippen LogP contribution < -0.4 is 5.32 Å². The van der Waals surface area contributed by atoms with Gasteiger partial charge in [-0.3, -0.25) is 0 Å². The van der Waals surface area contributed by atoms with Crippen molar-refractivity contribution in [2.24, 2.45) is 0 Å². The maximum Gasteiger partial charge on any atom is 0.0390 e. The van der Waals surface area contributed by atoms with Gasteiger partial charge < -0.3 is 5.32 Å². The van der Waals surface area contributed by atoms with Gasteiger partial charge in [-0.15, -0.1) is 0 Å². The van der Waals surface area contributed by atoms with E-state index in [-0.39, 0.29) is 5.41 Å². The van der Waals surface area contributed by atoms with Crippen LogP contribution in [0.2, 0.25) is 0 Å². The third kappa shape index (κ3) is 2.81. The maximum absolute atomic E-state index is 3.60. The van der Waals surface area contributed by atoms with Gasteiger partial charge in [0.05, 0.1) is 0 Å². The number of anilines is 2. The summed E-state index contributed by atoms with van der Waals surface area (Å²) >= 11 is 1.87. The van der Waals surface area contributed by atoms with Crippen molar-refractivity contribution in [2.45, 2.75) is 29.1 Å². The molecule has 27 heavy (non-hydrogen) atoms. The number of benzene rings is 4. The minimum atomic E-state index is -0.00173. The topological polar surface area (TPSA) is 12.0 Å². The van der Waals surface area contributed by atoms with Crippen molar-refractivity contribution in [3.63, 3.8) is 0 Å². The molecule has 1 aliphatic rings. The summed E-state index contributed by atoms with van der Waals surface area (Å²) in [6.07, 6.45) is 0. The van der Waals surface area contributed by atoms with Crippen molar-refractivity contribution < 1.29 is 0 Å². The molecule has 2 heteroatoms. The molecule has 4 aromatic carbocycles. The highest BCUT2D eigenvalue weighted by molar-refractivity contribution is 7.99. The lowest BCUT2D eigenvalue weighted by Gasteiger charge is -2.34. The molecule has 0 spiro atoms. The average molecular weight is 368 g/mol. The molecule has 0 bridgehead atoms. The minimum absolute atomic E-state index is 0.00173. The summed E-state index contributed by atoms with van der Waals surface area (Å²) < 4.78 is 0. The molecular formula is C25H21NS. The number of hydrogen-bond donors (Lipinski definition) is 1. The highest BCUT2D eigenvalue weighted by Crippen LogP contribution is 2.49. The van der Waals surface area contributed by atoms with Gasteiger partial charge in [-0.05, 0) is 58.3 Å². The van der Waals surface area contributed by atoms with E-state index in [4.69, 9.17) is 0 Å². The van der Waals surface area contributed by atoms with E-state index in [9.17, 15) is 0 Å². The fraction of sp³-hybridized carbons (Fsp3) is 0.120. The Bertz CT molecular complexity index is 1160. The minimum Gasteiger partial charge on any atom is -0.355 e. The number of nitrogens with one attached hydrogen (secondary N) is 1. The van der Waals surface area contributed by atoms with Crippen LogP contribution in [0, 0.1) is 0 Å². The maximum atomic E-state index is 3.60. The van der Waals surface area contributed by atoms with Gasteiger partial charge in [-0.25, -0.2) is 0 Å².